The molecule has 2 saturated carbocycles. The van der Waals surface area contributed by atoms with Crippen molar-refractivity contribution in [3.8, 4) is 22.5 Å². The molecule has 1 aromatic carbocycles. The molecule has 0 unspecified atom stereocenters. The number of imidazole rings is 1. The molecule has 0 radical (unpaired) electrons. The number of pyridine rings is 2. The maximum absolute atomic E-state index is 13.8. The van der Waals surface area contributed by atoms with Crippen LogP contribution in [-0.4, -0.2) is 48.9 Å². The second kappa shape index (κ2) is 11.7. The van der Waals surface area contributed by atoms with E-state index in [4.69, 9.17) is 10.7 Å². The molecule has 232 valence electrons. The van der Waals surface area contributed by atoms with Gasteiger partial charge in [-0.15, -0.1) is 0 Å². The summed E-state index contributed by atoms with van der Waals surface area (Å²) in [5, 5.41) is 2.98. The largest absolute Gasteiger partial charge is 0.366 e. The first-order valence-corrected chi connectivity index (χ1v) is 16.0. The van der Waals surface area contributed by atoms with E-state index in [0.29, 0.717) is 35.6 Å². The van der Waals surface area contributed by atoms with Gasteiger partial charge < -0.3 is 20.2 Å². The molecule has 45 heavy (non-hydrogen) atoms. The SMILES string of the molecule is C[C@H]1CCCN(Cc2cc(C(=O)Nc3cc(-c4ccc(C(N)=O)cc4-c4nccn4C)cc(C4CC4)n3)c(=O)n(C3CC3)c2)C1. The number of nitrogens with two attached hydrogens (primary N) is 1. The predicted octanol–water partition coefficient (Wildman–Crippen LogP) is 5.11. The van der Waals surface area contributed by atoms with Crippen LogP contribution in [0, 0.1) is 5.92 Å². The van der Waals surface area contributed by atoms with E-state index in [-0.39, 0.29) is 17.2 Å². The van der Waals surface area contributed by atoms with E-state index in [9.17, 15) is 14.4 Å². The normalized spacial score (nSPS) is 18.6. The number of hydrogen-bond donors (Lipinski definition) is 2. The summed E-state index contributed by atoms with van der Waals surface area (Å²) in [4.78, 5) is 51.3. The fourth-order valence-electron chi connectivity index (χ4n) is 6.53. The number of aromatic nitrogens is 4. The second-order valence-corrected chi connectivity index (χ2v) is 13.1. The van der Waals surface area contributed by atoms with Gasteiger partial charge in [0.1, 0.15) is 17.2 Å². The predicted molar refractivity (Wildman–Crippen MR) is 173 cm³/mol. The Morgan fingerprint density at radius 1 is 1.04 bits per heavy atom. The van der Waals surface area contributed by atoms with Crippen molar-refractivity contribution in [2.75, 3.05) is 18.4 Å². The number of primary amides is 1. The number of piperidine rings is 1. The van der Waals surface area contributed by atoms with Crippen LogP contribution in [0.3, 0.4) is 0 Å². The molecule has 3 fully saturated rings. The van der Waals surface area contributed by atoms with E-state index < -0.39 is 11.8 Å². The van der Waals surface area contributed by atoms with Gasteiger partial charge in [-0.1, -0.05) is 13.0 Å². The van der Waals surface area contributed by atoms with Gasteiger partial charge in [0.25, 0.3) is 11.5 Å². The molecule has 2 amide bonds. The minimum atomic E-state index is -0.521. The second-order valence-electron chi connectivity index (χ2n) is 13.1. The molecule has 4 aromatic rings. The highest BCUT2D eigenvalue weighted by Gasteiger charge is 2.29. The lowest BCUT2D eigenvalue weighted by atomic mass is 9.96. The third-order valence-electron chi connectivity index (χ3n) is 9.19. The Morgan fingerprint density at radius 3 is 2.56 bits per heavy atom. The zero-order chi connectivity index (χ0) is 31.2. The zero-order valence-corrected chi connectivity index (χ0v) is 25.8. The third-order valence-corrected chi connectivity index (χ3v) is 9.19. The topological polar surface area (TPSA) is 128 Å². The Labute approximate surface area is 262 Å². The number of carbonyl (C=O) groups excluding carboxylic acids is 2. The van der Waals surface area contributed by atoms with Gasteiger partial charge in [0.2, 0.25) is 5.91 Å². The summed E-state index contributed by atoms with van der Waals surface area (Å²) < 4.78 is 3.65. The molecule has 1 aliphatic heterocycles. The van der Waals surface area contributed by atoms with Crippen LogP contribution in [0.5, 0.6) is 0 Å². The maximum Gasteiger partial charge on any atom is 0.263 e. The van der Waals surface area contributed by atoms with Gasteiger partial charge in [0.05, 0.1) is 0 Å². The number of aryl methyl sites for hydroxylation is 1. The molecule has 1 atom stereocenters. The van der Waals surface area contributed by atoms with Gasteiger partial charge in [-0.3, -0.25) is 19.3 Å². The van der Waals surface area contributed by atoms with Crippen molar-refractivity contribution >= 4 is 17.6 Å². The van der Waals surface area contributed by atoms with Crippen LogP contribution < -0.4 is 16.6 Å². The van der Waals surface area contributed by atoms with Crippen LogP contribution in [0.2, 0.25) is 0 Å². The molecule has 0 bridgehead atoms. The van der Waals surface area contributed by atoms with E-state index in [1.54, 1.807) is 29.0 Å². The number of benzene rings is 1. The van der Waals surface area contributed by atoms with E-state index in [1.807, 2.05) is 42.2 Å². The lowest BCUT2D eigenvalue weighted by Gasteiger charge is -2.31. The first-order valence-electron chi connectivity index (χ1n) is 16.0. The monoisotopic (exact) mass is 605 g/mol. The standard InChI is InChI=1S/C35H39N7O3/c1-21-4-3-12-41(18-21)19-22-14-29(35(45)42(20-22)26-8-9-26)34(44)39-31-17-25(16-30(38-31)23-5-6-23)27-10-7-24(32(36)43)15-28(27)33-37-11-13-40(33)2/h7,10-11,13-17,20-21,23,26H,3-6,8-9,12,18-19H2,1-2H3,(H2,36,43)(H,38,39,44)/t21-/m0/s1. The van der Waals surface area contributed by atoms with Gasteiger partial charge in [-0.05, 0) is 98.0 Å². The van der Waals surface area contributed by atoms with Gasteiger partial charge in [-0.25, -0.2) is 9.97 Å². The molecule has 3 N–H and O–H groups in total. The first-order chi connectivity index (χ1) is 21.7. The van der Waals surface area contributed by atoms with Crippen LogP contribution in [0.4, 0.5) is 5.82 Å². The molecule has 1 saturated heterocycles. The first kappa shape index (κ1) is 29.2. The molecule has 2 aliphatic carbocycles. The number of nitrogens with one attached hydrogen (secondary N) is 1. The van der Waals surface area contributed by atoms with Gasteiger partial charge in [0.15, 0.2) is 0 Å². The summed E-state index contributed by atoms with van der Waals surface area (Å²) in [5.74, 6) is 1.04. The van der Waals surface area contributed by atoms with Crippen molar-refractivity contribution in [2.24, 2.45) is 18.7 Å². The van der Waals surface area contributed by atoms with Crippen LogP contribution in [0.15, 0.2) is 59.8 Å². The smallest absolute Gasteiger partial charge is 0.263 e. The number of hydrogen-bond acceptors (Lipinski definition) is 6. The molecule has 0 spiro atoms. The summed E-state index contributed by atoms with van der Waals surface area (Å²) >= 11 is 0. The Bertz CT molecular complexity index is 1850. The lowest BCUT2D eigenvalue weighted by Crippen LogP contribution is -2.35. The highest BCUT2D eigenvalue weighted by atomic mass is 16.2. The van der Waals surface area contributed by atoms with Crippen molar-refractivity contribution < 1.29 is 9.59 Å². The highest BCUT2D eigenvalue weighted by molar-refractivity contribution is 6.04. The van der Waals surface area contributed by atoms with Gasteiger partial charge >= 0.3 is 0 Å². The molecule has 10 heteroatoms. The Kier molecular flexibility index (Phi) is 7.61. The van der Waals surface area contributed by atoms with Crippen LogP contribution >= 0.6 is 0 Å². The molecule has 3 aromatic heterocycles. The average Bonchev–Trinajstić information content (AvgIpc) is 3.95. The van der Waals surface area contributed by atoms with Gasteiger partial charge in [0, 0.05) is 67.5 Å². The van der Waals surface area contributed by atoms with E-state index >= 15 is 0 Å². The Morgan fingerprint density at radius 2 is 1.87 bits per heavy atom. The summed E-state index contributed by atoms with van der Waals surface area (Å²) in [7, 11) is 1.89. The van der Waals surface area contributed by atoms with Crippen molar-refractivity contribution in [2.45, 2.75) is 64.0 Å². The molecule has 7 rings (SSSR count). The molecular formula is C35H39N7O3. The molecule has 10 nitrogen and oxygen atoms in total. The van der Waals surface area contributed by atoms with Crippen molar-refractivity contribution in [3.63, 3.8) is 0 Å². The Balaban J connectivity index is 1.25. The third kappa shape index (κ3) is 6.20. The van der Waals surface area contributed by atoms with E-state index in [2.05, 4.69) is 22.1 Å². The summed E-state index contributed by atoms with van der Waals surface area (Å²) in [6, 6.07) is 11.1. The van der Waals surface area contributed by atoms with Crippen LogP contribution in [0.1, 0.15) is 89.4 Å². The summed E-state index contributed by atoms with van der Waals surface area (Å²) in [6.07, 6.45) is 11.9. The number of anilines is 1. The maximum atomic E-state index is 13.8. The quantitative estimate of drug-likeness (QED) is 0.273. The van der Waals surface area contributed by atoms with Crippen molar-refractivity contribution in [1.29, 1.82) is 0 Å². The number of nitrogens with zero attached hydrogens (tertiary/aromatic N) is 5. The van der Waals surface area contributed by atoms with Crippen molar-refractivity contribution in [1.82, 2.24) is 24.0 Å². The molecular weight excluding hydrogens is 566 g/mol. The minimum absolute atomic E-state index is 0.143. The highest BCUT2D eigenvalue weighted by Crippen LogP contribution is 2.42. The molecule has 4 heterocycles. The lowest BCUT2D eigenvalue weighted by molar-refractivity contribution is 0.0997. The van der Waals surface area contributed by atoms with E-state index in [0.717, 1.165) is 73.1 Å². The number of likely N-dealkylation sites (tertiary alicyclic amines) is 1. The zero-order valence-electron chi connectivity index (χ0n) is 25.8. The Hall–Kier alpha value is -4.57. The number of amides is 2. The minimum Gasteiger partial charge on any atom is -0.366 e. The van der Waals surface area contributed by atoms with Crippen molar-refractivity contribution in [3.05, 3.63) is 87.7 Å². The fourth-order valence-corrected chi connectivity index (χ4v) is 6.53. The fraction of sp³-hybridized carbons (Fsp3) is 0.400. The van der Waals surface area contributed by atoms with Crippen LogP contribution in [0.25, 0.3) is 22.5 Å². The van der Waals surface area contributed by atoms with E-state index in [1.165, 1.54) is 6.42 Å². The average molecular weight is 606 g/mol. The summed E-state index contributed by atoms with van der Waals surface area (Å²) in [6.45, 7) is 5.04. The van der Waals surface area contributed by atoms with Gasteiger partial charge in [-0.2, -0.15) is 0 Å². The van der Waals surface area contributed by atoms with Crippen LogP contribution in [-0.2, 0) is 13.6 Å². The number of carbonyl (C=O) groups is 2. The molecule has 3 aliphatic rings. The summed E-state index contributed by atoms with van der Waals surface area (Å²) in [5.41, 5.74) is 10.2. The number of rotatable bonds is 9.